The van der Waals surface area contributed by atoms with E-state index in [0.29, 0.717) is 5.92 Å². The number of rotatable bonds is 6. The Kier molecular flexibility index (Phi) is 10.6. The lowest BCUT2D eigenvalue weighted by atomic mass is 9.77. The number of nitrogens with zero attached hydrogens (tertiary/aromatic N) is 1. The Morgan fingerprint density at radius 2 is 1.38 bits per heavy atom. The summed E-state index contributed by atoms with van der Waals surface area (Å²) in [5, 5.41) is 10.1. The van der Waals surface area contributed by atoms with Crippen LogP contribution in [0, 0.1) is 11.8 Å². The van der Waals surface area contributed by atoms with E-state index in [1.54, 1.807) is 0 Å². The number of aryl methyl sites for hydroxylation is 1. The van der Waals surface area contributed by atoms with Crippen molar-refractivity contribution in [2.45, 2.75) is 63.8 Å². The lowest BCUT2D eigenvalue weighted by Gasteiger charge is -2.32. The molecule has 0 spiro atoms. The first-order valence-corrected chi connectivity index (χ1v) is 27.0. The summed E-state index contributed by atoms with van der Waals surface area (Å²) in [4.78, 5) is 6.29. The van der Waals surface area contributed by atoms with Crippen molar-refractivity contribution in [3.8, 4) is 11.1 Å². The molecule has 0 amide bonds. The maximum Gasteiger partial charge on any atom is 0.140 e. The van der Waals surface area contributed by atoms with Crippen molar-refractivity contribution in [2.75, 3.05) is 0 Å². The second kappa shape index (κ2) is 17.6. The summed E-state index contributed by atoms with van der Waals surface area (Å²) in [6.07, 6.45) is 16.4. The zero-order valence-corrected chi connectivity index (χ0v) is 41.6. The molecule has 0 radical (unpaired) electrons. The molecule has 0 saturated carbocycles. The summed E-state index contributed by atoms with van der Waals surface area (Å²) < 4.78 is 9.58. The number of aliphatic imine (C=N–C) groups is 1. The van der Waals surface area contributed by atoms with Gasteiger partial charge in [0.25, 0.3) is 0 Å². The lowest BCUT2D eigenvalue weighted by Crippen LogP contribution is -2.22. The molecule has 14 rings (SSSR count). The highest BCUT2D eigenvalue weighted by molar-refractivity contribution is 7.25. The first-order valence-electron chi connectivity index (χ1n) is 26.2. The number of thiophene rings is 1. The van der Waals surface area contributed by atoms with E-state index in [1.165, 1.54) is 97.5 Å². The van der Waals surface area contributed by atoms with Crippen molar-refractivity contribution in [3.63, 3.8) is 0 Å². The number of hydrogen-bond acceptors (Lipinski definition) is 3. The molecule has 0 fully saturated rings. The third kappa shape index (κ3) is 7.15. The highest BCUT2D eigenvalue weighted by Crippen LogP contribution is 2.50. The minimum atomic E-state index is -0.202. The monoisotopic (exact) mass is 945 g/mol. The summed E-state index contributed by atoms with van der Waals surface area (Å²) in [5.74, 6) is 0.817. The Balaban J connectivity index is 0.988. The minimum absolute atomic E-state index is 0.101. The first-order chi connectivity index (χ1) is 35.6. The van der Waals surface area contributed by atoms with Gasteiger partial charge in [-0.1, -0.05) is 190 Å². The molecule has 2 aliphatic carbocycles. The van der Waals surface area contributed by atoms with Crippen LogP contribution < -0.4 is 0 Å². The number of furan rings is 1. The van der Waals surface area contributed by atoms with Crippen molar-refractivity contribution in [1.82, 2.24) is 0 Å². The van der Waals surface area contributed by atoms with Crippen molar-refractivity contribution in [3.05, 3.63) is 245 Å². The average Bonchev–Trinajstić information content (AvgIpc) is 3.96. The largest absolute Gasteiger partial charge is 0.456 e. The standard InChI is InChI=1S/C69H55NOS/c1-3-51-52(46-31-29-44(30-32-46)43-16-5-4-6-17-43)35-28-42(2)67(70-68(51)59-25-15-24-57-55-22-11-13-26-62(55)71-69(57)59)61-40-50(41-64-66(61)58-23-12-14-27-63(58)72-64)53-36-34-49-38-47-19-7-8-20-48(47)39-60(49)65-54-21-10-9-18-45(54)33-37-56(53)65/h4-16,18-27,29-33,35,37-43,51,53,68H,3,17,28,34,36H2,1-2H3/b52-35+,70-67+. The van der Waals surface area contributed by atoms with Crippen LogP contribution in [0.3, 0.4) is 0 Å². The van der Waals surface area contributed by atoms with Crippen LogP contribution in [0.5, 0.6) is 0 Å². The Morgan fingerprint density at radius 3 is 2.21 bits per heavy atom. The van der Waals surface area contributed by atoms with Gasteiger partial charge in [-0.2, -0.15) is 0 Å². The van der Waals surface area contributed by atoms with Crippen LogP contribution in [0.1, 0.15) is 96.4 Å². The van der Waals surface area contributed by atoms with E-state index in [9.17, 15) is 0 Å². The fourth-order valence-corrected chi connectivity index (χ4v) is 14.1. The molecular formula is C69H55NOS. The molecular weight excluding hydrogens is 891 g/mol. The number of allylic oxidation sites excluding steroid dienone is 5. The van der Waals surface area contributed by atoms with Crippen molar-refractivity contribution in [2.24, 2.45) is 16.8 Å². The fourth-order valence-electron chi connectivity index (χ4n) is 12.9. The van der Waals surface area contributed by atoms with E-state index in [2.05, 4.69) is 220 Å². The predicted octanol–water partition coefficient (Wildman–Crippen LogP) is 19.3. The van der Waals surface area contributed by atoms with Crippen LogP contribution in [0.25, 0.3) is 80.4 Å². The summed E-state index contributed by atoms with van der Waals surface area (Å²) in [6.45, 7) is 4.78. The Hall–Kier alpha value is -7.59. The molecule has 2 nitrogen and oxygen atoms in total. The third-order valence-electron chi connectivity index (χ3n) is 16.5. The highest BCUT2D eigenvalue weighted by Gasteiger charge is 2.34. The number of para-hydroxylation sites is 2. The molecule has 72 heavy (non-hydrogen) atoms. The third-order valence-corrected chi connectivity index (χ3v) is 17.6. The van der Waals surface area contributed by atoms with Gasteiger partial charge in [0, 0.05) is 71.5 Å². The first kappa shape index (κ1) is 43.2. The predicted molar refractivity (Wildman–Crippen MR) is 307 cm³/mol. The molecule has 0 bridgehead atoms. The second-order valence-electron chi connectivity index (χ2n) is 20.6. The Bertz CT molecular complexity index is 4080. The number of hydrogen-bond donors (Lipinski definition) is 0. The summed E-state index contributed by atoms with van der Waals surface area (Å²) in [6, 6.07) is 66.4. The van der Waals surface area contributed by atoms with E-state index >= 15 is 0 Å². The summed E-state index contributed by atoms with van der Waals surface area (Å²) in [7, 11) is 0. The van der Waals surface area contributed by atoms with E-state index in [-0.39, 0.29) is 23.8 Å². The van der Waals surface area contributed by atoms with Crippen molar-refractivity contribution in [1.29, 1.82) is 0 Å². The molecule has 3 aliphatic rings. The van der Waals surface area contributed by atoms with E-state index in [4.69, 9.17) is 9.41 Å². The van der Waals surface area contributed by atoms with Crippen LogP contribution in [0.4, 0.5) is 0 Å². The van der Waals surface area contributed by atoms with Crippen molar-refractivity contribution < 1.29 is 4.42 Å². The topological polar surface area (TPSA) is 25.5 Å². The molecule has 3 heteroatoms. The number of benzene rings is 9. The van der Waals surface area contributed by atoms with Crippen LogP contribution in [0.15, 0.2) is 216 Å². The van der Waals surface area contributed by atoms with Gasteiger partial charge in [0.05, 0.1) is 6.04 Å². The van der Waals surface area contributed by atoms with Gasteiger partial charge >= 0.3 is 0 Å². The smallest absolute Gasteiger partial charge is 0.140 e. The Morgan fingerprint density at radius 1 is 0.611 bits per heavy atom. The van der Waals surface area contributed by atoms with Gasteiger partial charge in [0.2, 0.25) is 0 Å². The van der Waals surface area contributed by atoms with E-state index in [1.807, 2.05) is 11.3 Å². The van der Waals surface area contributed by atoms with Gasteiger partial charge in [0.1, 0.15) is 11.2 Å². The normalized spacial score (nSPS) is 21.6. The van der Waals surface area contributed by atoms with Crippen LogP contribution in [-0.2, 0) is 6.42 Å². The summed E-state index contributed by atoms with van der Waals surface area (Å²) >= 11 is 1.93. The maximum absolute atomic E-state index is 6.94. The molecule has 5 atom stereocenters. The SMILES string of the molecule is CCC1/C(c2ccc(C3C=CC=CC3)cc2)=C/CC(C)/C(c2cc(C3CCc4cc5ccccc5cc4-c4c3ccc3ccccc43)cc3sc4ccccc4c23)=N\C1c1cccc2c1oc1ccccc12. The molecule has 5 unspecified atom stereocenters. The molecule has 1 aliphatic heterocycles. The molecule has 0 N–H and O–H groups in total. The van der Waals surface area contributed by atoms with E-state index in [0.717, 1.165) is 59.6 Å². The highest BCUT2D eigenvalue weighted by atomic mass is 32.1. The van der Waals surface area contributed by atoms with Crippen LogP contribution >= 0.6 is 11.3 Å². The number of fused-ring (bicyclic) bond motifs is 12. The minimum Gasteiger partial charge on any atom is -0.456 e. The maximum atomic E-state index is 6.94. The average molecular weight is 946 g/mol. The quantitative estimate of drug-likeness (QED) is 0.163. The zero-order valence-electron chi connectivity index (χ0n) is 40.8. The van der Waals surface area contributed by atoms with Crippen LogP contribution in [-0.4, -0.2) is 5.71 Å². The van der Waals surface area contributed by atoms with Crippen LogP contribution in [0.2, 0.25) is 0 Å². The zero-order chi connectivity index (χ0) is 47.9. The van der Waals surface area contributed by atoms with Gasteiger partial charge in [-0.25, -0.2) is 0 Å². The van der Waals surface area contributed by atoms with Gasteiger partial charge in [0.15, 0.2) is 0 Å². The molecule has 3 heterocycles. The molecule has 0 saturated heterocycles. The second-order valence-corrected chi connectivity index (χ2v) is 21.7. The fraction of sp³-hybridized carbons (Fsp3) is 0.174. The lowest BCUT2D eigenvalue weighted by molar-refractivity contribution is 0.510. The van der Waals surface area contributed by atoms with Gasteiger partial charge in [-0.3, -0.25) is 4.99 Å². The van der Waals surface area contributed by atoms with Gasteiger partial charge in [-0.05, 0) is 128 Å². The molecule has 2 aromatic heterocycles. The molecule has 11 aromatic rings. The van der Waals surface area contributed by atoms with Gasteiger partial charge < -0.3 is 4.42 Å². The van der Waals surface area contributed by atoms with E-state index < -0.39 is 0 Å². The Labute approximate surface area is 425 Å². The summed E-state index contributed by atoms with van der Waals surface area (Å²) in [5.41, 5.74) is 16.5. The molecule has 9 aromatic carbocycles. The van der Waals surface area contributed by atoms with Gasteiger partial charge in [-0.15, -0.1) is 11.3 Å². The van der Waals surface area contributed by atoms with Crippen molar-refractivity contribution >= 4 is 86.3 Å². The molecule has 348 valence electrons.